The number of hydrogen-bond acceptors (Lipinski definition) is 1. The lowest BCUT2D eigenvalue weighted by atomic mass is 10.1. The molecular formula is C15H14ClN. The molecule has 0 atom stereocenters. The van der Waals surface area contributed by atoms with Crippen LogP contribution >= 0.6 is 11.6 Å². The lowest BCUT2D eigenvalue weighted by Crippen LogP contribution is -1.85. The minimum atomic E-state index is 0.757. The summed E-state index contributed by atoms with van der Waals surface area (Å²) in [5, 5.41) is 0.757. The highest BCUT2D eigenvalue weighted by atomic mass is 35.5. The van der Waals surface area contributed by atoms with Gasteiger partial charge in [-0.05, 0) is 55.3 Å². The van der Waals surface area contributed by atoms with E-state index in [9.17, 15) is 0 Å². The van der Waals surface area contributed by atoms with Gasteiger partial charge in [0.2, 0.25) is 0 Å². The molecule has 2 heteroatoms. The summed E-state index contributed by atoms with van der Waals surface area (Å²) in [4.78, 5) is 4.45. The predicted molar refractivity (Wildman–Crippen MR) is 74.0 cm³/mol. The highest BCUT2D eigenvalue weighted by Gasteiger charge is 1.98. The number of aromatic nitrogens is 1. The van der Waals surface area contributed by atoms with Gasteiger partial charge in [0.05, 0.1) is 5.69 Å². The summed E-state index contributed by atoms with van der Waals surface area (Å²) in [6.07, 6.45) is 2.07. The number of allylic oxidation sites excluding steroid dienone is 1. The van der Waals surface area contributed by atoms with E-state index in [1.165, 1.54) is 0 Å². The van der Waals surface area contributed by atoms with Gasteiger partial charge in [-0.2, -0.15) is 0 Å². The van der Waals surface area contributed by atoms with Crippen LogP contribution in [0, 0.1) is 6.92 Å². The quantitative estimate of drug-likeness (QED) is 0.751. The number of aryl methyl sites for hydroxylation is 1. The number of pyridine rings is 1. The molecule has 0 aliphatic rings. The van der Waals surface area contributed by atoms with Gasteiger partial charge < -0.3 is 0 Å². The van der Waals surface area contributed by atoms with Gasteiger partial charge in [-0.3, -0.25) is 4.98 Å². The van der Waals surface area contributed by atoms with Crippen LogP contribution in [0.5, 0.6) is 0 Å². The van der Waals surface area contributed by atoms with Crippen molar-refractivity contribution in [3.63, 3.8) is 0 Å². The van der Waals surface area contributed by atoms with Crippen LogP contribution < -0.4 is 0 Å². The van der Waals surface area contributed by atoms with Crippen LogP contribution in [-0.2, 0) is 0 Å². The Morgan fingerprint density at radius 1 is 1.18 bits per heavy atom. The van der Waals surface area contributed by atoms with Crippen LogP contribution in [0.2, 0.25) is 5.02 Å². The minimum absolute atomic E-state index is 0.757. The zero-order chi connectivity index (χ0) is 12.3. The molecule has 0 N–H and O–H groups in total. The molecule has 2 aromatic rings. The standard InChI is InChI=1S/C15H14ClN/c1-11(13-6-4-7-14(16)10-13)9-15-8-3-5-12(2)17-15/h3-10H,1-2H3. The molecule has 0 spiro atoms. The Labute approximate surface area is 107 Å². The van der Waals surface area contributed by atoms with Gasteiger partial charge >= 0.3 is 0 Å². The van der Waals surface area contributed by atoms with Crippen molar-refractivity contribution in [2.45, 2.75) is 13.8 Å². The number of halogens is 1. The molecule has 0 unspecified atom stereocenters. The molecule has 0 aliphatic heterocycles. The first kappa shape index (κ1) is 11.9. The molecule has 0 bridgehead atoms. The average Bonchev–Trinajstić information content (AvgIpc) is 2.29. The van der Waals surface area contributed by atoms with E-state index < -0.39 is 0 Å². The number of hydrogen-bond donors (Lipinski definition) is 0. The van der Waals surface area contributed by atoms with Crippen molar-refractivity contribution in [2.75, 3.05) is 0 Å². The van der Waals surface area contributed by atoms with E-state index in [2.05, 4.69) is 18.0 Å². The fourth-order valence-corrected chi connectivity index (χ4v) is 1.87. The van der Waals surface area contributed by atoms with Gasteiger partial charge in [0, 0.05) is 10.7 Å². The van der Waals surface area contributed by atoms with Crippen LogP contribution in [0.15, 0.2) is 42.5 Å². The van der Waals surface area contributed by atoms with Gasteiger partial charge in [-0.25, -0.2) is 0 Å². The molecule has 0 fully saturated rings. The SMILES string of the molecule is CC(=Cc1cccc(C)n1)c1cccc(Cl)c1. The number of rotatable bonds is 2. The summed E-state index contributed by atoms with van der Waals surface area (Å²) < 4.78 is 0. The fraction of sp³-hybridized carbons (Fsp3) is 0.133. The average molecular weight is 244 g/mol. The van der Waals surface area contributed by atoms with Crippen molar-refractivity contribution in [3.05, 3.63) is 64.4 Å². The second kappa shape index (κ2) is 5.15. The summed E-state index contributed by atoms with van der Waals surface area (Å²) >= 11 is 5.97. The lowest BCUT2D eigenvalue weighted by molar-refractivity contribution is 1.18. The maximum Gasteiger partial charge on any atom is 0.0635 e. The highest BCUT2D eigenvalue weighted by Crippen LogP contribution is 2.20. The third-order valence-electron chi connectivity index (χ3n) is 2.55. The zero-order valence-electron chi connectivity index (χ0n) is 9.94. The molecule has 0 saturated heterocycles. The van der Waals surface area contributed by atoms with Crippen molar-refractivity contribution >= 4 is 23.3 Å². The van der Waals surface area contributed by atoms with Gasteiger partial charge in [-0.15, -0.1) is 0 Å². The first-order valence-corrected chi connectivity index (χ1v) is 5.91. The lowest BCUT2D eigenvalue weighted by Gasteiger charge is -2.02. The minimum Gasteiger partial charge on any atom is -0.254 e. The van der Waals surface area contributed by atoms with E-state index in [1.807, 2.05) is 49.4 Å². The Kier molecular flexibility index (Phi) is 3.60. The maximum atomic E-state index is 5.97. The van der Waals surface area contributed by atoms with E-state index >= 15 is 0 Å². The monoisotopic (exact) mass is 243 g/mol. The normalized spacial score (nSPS) is 11.6. The van der Waals surface area contributed by atoms with Crippen LogP contribution in [0.1, 0.15) is 23.9 Å². The Balaban J connectivity index is 2.34. The fourth-order valence-electron chi connectivity index (χ4n) is 1.68. The van der Waals surface area contributed by atoms with Crippen LogP contribution in [0.3, 0.4) is 0 Å². The van der Waals surface area contributed by atoms with Crippen LogP contribution in [-0.4, -0.2) is 4.98 Å². The Bertz CT molecular complexity index is 558. The Morgan fingerprint density at radius 3 is 2.65 bits per heavy atom. The van der Waals surface area contributed by atoms with Gasteiger partial charge in [0.15, 0.2) is 0 Å². The summed E-state index contributed by atoms with van der Waals surface area (Å²) in [6, 6.07) is 13.9. The molecule has 0 radical (unpaired) electrons. The second-order valence-corrected chi connectivity index (χ2v) is 4.48. The van der Waals surface area contributed by atoms with Gasteiger partial charge in [0.1, 0.15) is 0 Å². The molecule has 1 nitrogen and oxygen atoms in total. The number of benzene rings is 1. The van der Waals surface area contributed by atoms with Crippen LogP contribution in [0.25, 0.3) is 11.6 Å². The molecule has 0 aliphatic carbocycles. The van der Waals surface area contributed by atoms with E-state index in [1.54, 1.807) is 0 Å². The topological polar surface area (TPSA) is 12.9 Å². The summed E-state index contributed by atoms with van der Waals surface area (Å²) in [5.41, 5.74) is 4.28. The molecule has 2 rings (SSSR count). The first-order valence-electron chi connectivity index (χ1n) is 5.53. The second-order valence-electron chi connectivity index (χ2n) is 4.04. The highest BCUT2D eigenvalue weighted by molar-refractivity contribution is 6.30. The van der Waals surface area contributed by atoms with E-state index in [0.717, 1.165) is 27.5 Å². The van der Waals surface area contributed by atoms with Crippen molar-refractivity contribution in [1.82, 2.24) is 4.98 Å². The molecule has 17 heavy (non-hydrogen) atoms. The maximum absolute atomic E-state index is 5.97. The van der Waals surface area contributed by atoms with Crippen molar-refractivity contribution < 1.29 is 0 Å². The van der Waals surface area contributed by atoms with E-state index in [4.69, 9.17) is 11.6 Å². The van der Waals surface area contributed by atoms with Crippen molar-refractivity contribution in [1.29, 1.82) is 0 Å². The van der Waals surface area contributed by atoms with Gasteiger partial charge in [0.25, 0.3) is 0 Å². The van der Waals surface area contributed by atoms with Crippen molar-refractivity contribution in [3.8, 4) is 0 Å². The third-order valence-corrected chi connectivity index (χ3v) is 2.79. The molecule has 1 heterocycles. The molecule has 0 saturated carbocycles. The van der Waals surface area contributed by atoms with E-state index in [-0.39, 0.29) is 0 Å². The van der Waals surface area contributed by atoms with Gasteiger partial charge in [-0.1, -0.05) is 29.8 Å². The van der Waals surface area contributed by atoms with E-state index in [0.29, 0.717) is 0 Å². The molecule has 86 valence electrons. The predicted octanol–water partition coefficient (Wildman–Crippen LogP) is 4.60. The first-order chi connectivity index (χ1) is 8.15. The molecular weight excluding hydrogens is 230 g/mol. The number of nitrogens with zero attached hydrogens (tertiary/aromatic N) is 1. The van der Waals surface area contributed by atoms with Crippen molar-refractivity contribution in [2.24, 2.45) is 0 Å². The Morgan fingerprint density at radius 2 is 1.94 bits per heavy atom. The summed E-state index contributed by atoms with van der Waals surface area (Å²) in [7, 11) is 0. The Hall–Kier alpha value is -1.60. The zero-order valence-corrected chi connectivity index (χ0v) is 10.7. The largest absolute Gasteiger partial charge is 0.254 e. The summed E-state index contributed by atoms with van der Waals surface area (Å²) in [5.74, 6) is 0. The molecule has 0 amide bonds. The molecule has 1 aromatic carbocycles. The smallest absolute Gasteiger partial charge is 0.0635 e. The molecule has 1 aromatic heterocycles. The van der Waals surface area contributed by atoms with Crippen LogP contribution in [0.4, 0.5) is 0 Å². The third kappa shape index (κ3) is 3.18. The summed E-state index contributed by atoms with van der Waals surface area (Å²) in [6.45, 7) is 4.06.